The van der Waals surface area contributed by atoms with E-state index in [0.717, 1.165) is 33.5 Å². The normalized spacial score (nSPS) is 16.4. The maximum atomic E-state index is 12.0. The second-order valence-electron chi connectivity index (χ2n) is 5.54. The van der Waals surface area contributed by atoms with E-state index in [9.17, 15) is 4.79 Å². The van der Waals surface area contributed by atoms with Crippen molar-refractivity contribution in [1.29, 1.82) is 0 Å². The molecule has 1 aliphatic rings. The maximum absolute atomic E-state index is 12.0. The quantitative estimate of drug-likeness (QED) is 0.721. The Bertz CT molecular complexity index is 832. The number of hydrogen-bond acceptors (Lipinski definition) is 4. The average Bonchev–Trinajstić information content (AvgIpc) is 3.08. The molecule has 0 unspecified atom stereocenters. The standard InChI is InChI=1S/C14H12N4OS/c1-14(2)8-3-7-4-11(12-6-15-20-18-12)16-9(7)5-10(8)17-13(14)19/h3-6,16H,1-2H3,(H,17,19). The number of carbonyl (C=O) groups excluding carboxylic acids is 1. The van der Waals surface area contributed by atoms with Crippen LogP contribution in [0.15, 0.2) is 24.4 Å². The molecule has 0 bridgehead atoms. The van der Waals surface area contributed by atoms with Crippen molar-refractivity contribution in [3.63, 3.8) is 0 Å². The van der Waals surface area contributed by atoms with Crippen LogP contribution >= 0.6 is 11.7 Å². The summed E-state index contributed by atoms with van der Waals surface area (Å²) in [4.78, 5) is 15.3. The molecule has 0 saturated carbocycles. The molecule has 6 heteroatoms. The third kappa shape index (κ3) is 1.45. The van der Waals surface area contributed by atoms with Gasteiger partial charge in [0.05, 0.1) is 29.0 Å². The summed E-state index contributed by atoms with van der Waals surface area (Å²) in [6.45, 7) is 3.88. The van der Waals surface area contributed by atoms with E-state index in [1.807, 2.05) is 26.0 Å². The molecule has 0 radical (unpaired) electrons. The predicted octanol–water partition coefficient (Wildman–Crippen LogP) is 2.92. The highest BCUT2D eigenvalue weighted by Gasteiger charge is 2.38. The van der Waals surface area contributed by atoms with Crippen LogP contribution in [0.25, 0.3) is 22.3 Å². The average molecular weight is 284 g/mol. The van der Waals surface area contributed by atoms with Gasteiger partial charge in [-0.1, -0.05) is 0 Å². The van der Waals surface area contributed by atoms with Crippen LogP contribution < -0.4 is 5.32 Å². The van der Waals surface area contributed by atoms with Gasteiger partial charge in [-0.05, 0) is 37.6 Å². The topological polar surface area (TPSA) is 70.7 Å². The van der Waals surface area contributed by atoms with Gasteiger partial charge in [-0.3, -0.25) is 4.79 Å². The number of carbonyl (C=O) groups is 1. The number of fused-ring (bicyclic) bond motifs is 2. The second-order valence-corrected chi connectivity index (χ2v) is 6.10. The number of hydrogen-bond donors (Lipinski definition) is 2. The molecule has 1 aliphatic heterocycles. The Labute approximate surface area is 119 Å². The first-order valence-electron chi connectivity index (χ1n) is 6.32. The zero-order valence-electron chi connectivity index (χ0n) is 11.0. The summed E-state index contributed by atoms with van der Waals surface area (Å²) >= 11 is 1.19. The molecule has 0 saturated heterocycles. The molecule has 1 amide bonds. The number of nitrogens with zero attached hydrogens (tertiary/aromatic N) is 2. The van der Waals surface area contributed by atoms with Crippen LogP contribution in [-0.2, 0) is 10.2 Å². The van der Waals surface area contributed by atoms with Crippen LogP contribution in [0.4, 0.5) is 5.69 Å². The predicted molar refractivity (Wildman–Crippen MR) is 78.9 cm³/mol. The highest BCUT2D eigenvalue weighted by atomic mass is 32.1. The van der Waals surface area contributed by atoms with Crippen molar-refractivity contribution in [2.24, 2.45) is 0 Å². The first kappa shape index (κ1) is 11.6. The zero-order valence-corrected chi connectivity index (χ0v) is 11.8. The van der Waals surface area contributed by atoms with Crippen molar-refractivity contribution in [3.8, 4) is 11.4 Å². The molecule has 100 valence electrons. The minimum atomic E-state index is -0.483. The molecular formula is C14H12N4OS. The number of H-pyrrole nitrogens is 1. The van der Waals surface area contributed by atoms with Gasteiger partial charge in [0.25, 0.3) is 0 Å². The summed E-state index contributed by atoms with van der Waals surface area (Å²) in [6.07, 6.45) is 1.74. The molecule has 1 aromatic carbocycles. The molecule has 2 N–H and O–H groups in total. The van der Waals surface area contributed by atoms with Gasteiger partial charge in [-0.25, -0.2) is 0 Å². The fraction of sp³-hybridized carbons (Fsp3) is 0.214. The van der Waals surface area contributed by atoms with Crippen LogP contribution in [0.5, 0.6) is 0 Å². The SMILES string of the molecule is CC1(C)C(=O)Nc2cc3[nH]c(-c4cnsn4)cc3cc21. The van der Waals surface area contributed by atoms with Gasteiger partial charge in [-0.2, -0.15) is 8.75 Å². The van der Waals surface area contributed by atoms with Crippen LogP contribution in [0.1, 0.15) is 19.4 Å². The second kappa shape index (κ2) is 3.67. The monoisotopic (exact) mass is 284 g/mol. The molecule has 2 aromatic heterocycles. The van der Waals surface area contributed by atoms with E-state index in [1.54, 1.807) is 6.20 Å². The van der Waals surface area contributed by atoms with E-state index in [-0.39, 0.29) is 5.91 Å². The molecule has 3 aromatic rings. The largest absolute Gasteiger partial charge is 0.353 e. The fourth-order valence-electron chi connectivity index (χ4n) is 2.62. The van der Waals surface area contributed by atoms with Crippen LogP contribution in [0.2, 0.25) is 0 Å². The molecule has 5 nitrogen and oxygen atoms in total. The molecule has 0 atom stereocenters. The Morgan fingerprint density at radius 1 is 1.25 bits per heavy atom. The lowest BCUT2D eigenvalue weighted by Crippen LogP contribution is -2.26. The molecule has 0 spiro atoms. The highest BCUT2D eigenvalue weighted by Crippen LogP contribution is 2.40. The lowest BCUT2D eigenvalue weighted by atomic mass is 9.86. The Morgan fingerprint density at radius 2 is 2.10 bits per heavy atom. The molecule has 3 heterocycles. The third-order valence-corrected chi connectivity index (χ3v) is 4.36. The minimum Gasteiger partial charge on any atom is -0.353 e. The van der Waals surface area contributed by atoms with Crippen molar-refractivity contribution in [3.05, 3.63) is 30.0 Å². The van der Waals surface area contributed by atoms with E-state index < -0.39 is 5.41 Å². The van der Waals surface area contributed by atoms with E-state index in [2.05, 4.69) is 25.1 Å². The maximum Gasteiger partial charge on any atom is 0.234 e. The minimum absolute atomic E-state index is 0.0454. The van der Waals surface area contributed by atoms with Crippen molar-refractivity contribution < 1.29 is 4.79 Å². The van der Waals surface area contributed by atoms with Crippen molar-refractivity contribution >= 4 is 34.2 Å². The Balaban J connectivity index is 1.93. The molecular weight excluding hydrogens is 272 g/mol. The molecule has 0 fully saturated rings. The van der Waals surface area contributed by atoms with Gasteiger partial charge in [0.15, 0.2) is 0 Å². The summed E-state index contributed by atoms with van der Waals surface area (Å²) < 4.78 is 8.25. The van der Waals surface area contributed by atoms with Crippen molar-refractivity contribution in [1.82, 2.24) is 13.7 Å². The van der Waals surface area contributed by atoms with Crippen molar-refractivity contribution in [2.75, 3.05) is 5.32 Å². The van der Waals surface area contributed by atoms with E-state index >= 15 is 0 Å². The van der Waals surface area contributed by atoms with Gasteiger partial charge in [0.1, 0.15) is 5.69 Å². The van der Waals surface area contributed by atoms with Crippen LogP contribution in [0.3, 0.4) is 0 Å². The third-order valence-electron chi connectivity index (χ3n) is 3.89. The lowest BCUT2D eigenvalue weighted by Gasteiger charge is -2.14. The number of aromatic amines is 1. The lowest BCUT2D eigenvalue weighted by molar-refractivity contribution is -0.119. The smallest absolute Gasteiger partial charge is 0.234 e. The zero-order chi connectivity index (χ0) is 13.9. The highest BCUT2D eigenvalue weighted by molar-refractivity contribution is 6.99. The Hall–Kier alpha value is -2.21. The Kier molecular flexibility index (Phi) is 2.13. The first-order valence-corrected chi connectivity index (χ1v) is 7.05. The fourth-order valence-corrected chi connectivity index (χ4v) is 3.05. The summed E-state index contributed by atoms with van der Waals surface area (Å²) in [5.74, 6) is 0.0454. The summed E-state index contributed by atoms with van der Waals surface area (Å²) in [6, 6.07) is 6.11. The first-order chi connectivity index (χ1) is 9.55. The van der Waals surface area contributed by atoms with Crippen LogP contribution in [-0.4, -0.2) is 19.6 Å². The van der Waals surface area contributed by atoms with Crippen LogP contribution in [0, 0.1) is 0 Å². The number of benzene rings is 1. The molecule has 20 heavy (non-hydrogen) atoms. The summed E-state index contributed by atoms with van der Waals surface area (Å²) in [7, 11) is 0. The van der Waals surface area contributed by atoms with Gasteiger partial charge in [0, 0.05) is 16.6 Å². The number of anilines is 1. The van der Waals surface area contributed by atoms with Crippen molar-refractivity contribution in [2.45, 2.75) is 19.3 Å². The molecule has 0 aliphatic carbocycles. The molecule has 4 rings (SSSR count). The number of aromatic nitrogens is 3. The van der Waals surface area contributed by atoms with Gasteiger partial charge >= 0.3 is 0 Å². The number of amides is 1. The van der Waals surface area contributed by atoms with Gasteiger partial charge < -0.3 is 10.3 Å². The Morgan fingerprint density at radius 3 is 2.85 bits per heavy atom. The van der Waals surface area contributed by atoms with E-state index in [1.165, 1.54) is 11.7 Å². The summed E-state index contributed by atoms with van der Waals surface area (Å²) in [5, 5.41) is 4.02. The van der Waals surface area contributed by atoms with Gasteiger partial charge in [-0.15, -0.1) is 0 Å². The van der Waals surface area contributed by atoms with E-state index in [4.69, 9.17) is 0 Å². The van der Waals surface area contributed by atoms with E-state index in [0.29, 0.717) is 0 Å². The number of rotatable bonds is 1. The number of nitrogens with one attached hydrogen (secondary N) is 2. The summed E-state index contributed by atoms with van der Waals surface area (Å²) in [5.41, 5.74) is 4.22. The van der Waals surface area contributed by atoms with Gasteiger partial charge in [0.2, 0.25) is 5.91 Å².